The van der Waals surface area contributed by atoms with Crippen molar-refractivity contribution < 1.29 is 4.79 Å². The number of carbonyl (C=O) groups excluding carboxylic acids is 1. The van der Waals surface area contributed by atoms with E-state index in [9.17, 15) is 4.79 Å². The fourth-order valence-electron chi connectivity index (χ4n) is 2.36. The van der Waals surface area contributed by atoms with Crippen LogP contribution in [0.5, 0.6) is 0 Å². The van der Waals surface area contributed by atoms with Gasteiger partial charge in [0, 0.05) is 5.92 Å². The Labute approximate surface area is 122 Å². The van der Waals surface area contributed by atoms with Gasteiger partial charge in [0.2, 0.25) is 5.91 Å². The van der Waals surface area contributed by atoms with Crippen LogP contribution in [-0.2, 0) is 11.2 Å². The molecule has 0 saturated carbocycles. The van der Waals surface area contributed by atoms with Gasteiger partial charge in [-0.05, 0) is 50.1 Å². The van der Waals surface area contributed by atoms with Crippen molar-refractivity contribution in [3.05, 3.63) is 41.8 Å². The van der Waals surface area contributed by atoms with Crippen LogP contribution < -0.4 is 11.5 Å². The van der Waals surface area contributed by atoms with Gasteiger partial charge in [-0.1, -0.05) is 43.7 Å². The maximum absolute atomic E-state index is 11.6. The Morgan fingerprint density at radius 2 is 1.85 bits per heavy atom. The summed E-state index contributed by atoms with van der Waals surface area (Å²) in [5.74, 6) is 1.18. The van der Waals surface area contributed by atoms with Crippen LogP contribution in [0.1, 0.15) is 44.6 Å². The zero-order chi connectivity index (χ0) is 14.8. The van der Waals surface area contributed by atoms with Gasteiger partial charge in [-0.2, -0.15) is 0 Å². The molecular formula is C17H27N2O. The van der Waals surface area contributed by atoms with Crippen LogP contribution in [0.15, 0.2) is 30.3 Å². The highest BCUT2D eigenvalue weighted by molar-refractivity contribution is 5.76. The van der Waals surface area contributed by atoms with Crippen molar-refractivity contribution >= 4 is 5.91 Å². The van der Waals surface area contributed by atoms with Crippen molar-refractivity contribution in [2.24, 2.45) is 17.4 Å². The predicted octanol–water partition coefficient (Wildman–Crippen LogP) is 2.83. The summed E-state index contributed by atoms with van der Waals surface area (Å²) in [6.07, 6.45) is 5.88. The van der Waals surface area contributed by atoms with E-state index in [1.54, 1.807) is 0 Å². The van der Waals surface area contributed by atoms with Gasteiger partial charge < -0.3 is 11.5 Å². The number of hydrogen-bond donors (Lipinski definition) is 2. The summed E-state index contributed by atoms with van der Waals surface area (Å²) in [7, 11) is 0. The largest absolute Gasteiger partial charge is 0.369 e. The lowest BCUT2D eigenvalue weighted by Gasteiger charge is -2.16. The predicted molar refractivity (Wildman–Crippen MR) is 83.9 cm³/mol. The zero-order valence-electron chi connectivity index (χ0n) is 12.5. The standard InChI is InChI=1S/C17H27N2O/c1-14(7-5-6-12-18)10-11-16(17(19)20)13-15-8-3-2-4-9-15/h2-4,8-9,16H,5-7,10-13,18H2,1H3,(H2,19,20). The number of amides is 1. The average Bonchev–Trinajstić information content (AvgIpc) is 2.44. The van der Waals surface area contributed by atoms with Gasteiger partial charge in [0.15, 0.2) is 0 Å². The van der Waals surface area contributed by atoms with Crippen LogP contribution >= 0.6 is 0 Å². The zero-order valence-corrected chi connectivity index (χ0v) is 12.5. The Kier molecular flexibility index (Phi) is 7.97. The third kappa shape index (κ3) is 6.71. The minimum atomic E-state index is -0.191. The van der Waals surface area contributed by atoms with Gasteiger partial charge in [0.05, 0.1) is 0 Å². The maximum Gasteiger partial charge on any atom is 0.220 e. The highest BCUT2D eigenvalue weighted by Gasteiger charge is 2.17. The third-order valence-electron chi connectivity index (χ3n) is 3.70. The first-order valence-corrected chi connectivity index (χ1v) is 7.48. The average molecular weight is 275 g/mol. The molecule has 20 heavy (non-hydrogen) atoms. The molecule has 0 aliphatic carbocycles. The molecule has 1 radical (unpaired) electrons. The summed E-state index contributed by atoms with van der Waals surface area (Å²) in [5, 5.41) is 0. The van der Waals surface area contributed by atoms with Gasteiger partial charge in [-0.25, -0.2) is 0 Å². The molecule has 1 unspecified atom stereocenters. The molecule has 1 rings (SSSR count). The van der Waals surface area contributed by atoms with Crippen molar-refractivity contribution in [2.75, 3.05) is 6.54 Å². The molecule has 1 aromatic rings. The second-order valence-electron chi connectivity index (χ2n) is 5.53. The first kappa shape index (κ1) is 16.7. The molecule has 3 heteroatoms. The lowest BCUT2D eigenvalue weighted by Crippen LogP contribution is -2.25. The van der Waals surface area contributed by atoms with E-state index in [2.05, 4.69) is 6.92 Å². The Hall–Kier alpha value is -1.35. The highest BCUT2D eigenvalue weighted by atomic mass is 16.1. The summed E-state index contributed by atoms with van der Waals surface area (Å²) >= 11 is 0. The number of unbranched alkanes of at least 4 members (excludes halogenated alkanes) is 1. The Balaban J connectivity index is 2.38. The molecule has 3 nitrogen and oxygen atoms in total. The first-order chi connectivity index (χ1) is 9.63. The molecule has 1 atom stereocenters. The van der Waals surface area contributed by atoms with Gasteiger partial charge in [-0.15, -0.1) is 0 Å². The van der Waals surface area contributed by atoms with E-state index in [1.165, 1.54) is 11.5 Å². The minimum absolute atomic E-state index is 0.0677. The normalized spacial score (nSPS) is 12.6. The molecular weight excluding hydrogens is 248 g/mol. The molecule has 0 saturated heterocycles. The first-order valence-electron chi connectivity index (χ1n) is 7.48. The van der Waals surface area contributed by atoms with Crippen LogP contribution in [0, 0.1) is 11.8 Å². The molecule has 4 N–H and O–H groups in total. The summed E-state index contributed by atoms with van der Waals surface area (Å²) < 4.78 is 0. The highest BCUT2D eigenvalue weighted by Crippen LogP contribution is 2.21. The molecule has 0 spiro atoms. The second kappa shape index (κ2) is 9.54. The number of nitrogens with two attached hydrogens (primary N) is 2. The van der Waals surface area contributed by atoms with Crippen molar-refractivity contribution in [3.8, 4) is 0 Å². The Bertz CT molecular complexity index is 378. The summed E-state index contributed by atoms with van der Waals surface area (Å²) in [4.78, 5) is 11.6. The molecule has 1 amide bonds. The maximum atomic E-state index is 11.6. The van der Waals surface area contributed by atoms with Gasteiger partial charge in [0.1, 0.15) is 0 Å². The number of hydrogen-bond acceptors (Lipinski definition) is 2. The van der Waals surface area contributed by atoms with E-state index in [-0.39, 0.29) is 11.8 Å². The molecule has 0 bridgehead atoms. The minimum Gasteiger partial charge on any atom is -0.369 e. The molecule has 111 valence electrons. The van der Waals surface area contributed by atoms with Gasteiger partial charge in [-0.3, -0.25) is 4.79 Å². The molecule has 0 aliphatic heterocycles. The van der Waals surface area contributed by atoms with Crippen molar-refractivity contribution in [2.45, 2.75) is 45.4 Å². The number of carbonyl (C=O) groups is 1. The Morgan fingerprint density at radius 3 is 2.45 bits per heavy atom. The topological polar surface area (TPSA) is 69.1 Å². The summed E-state index contributed by atoms with van der Waals surface area (Å²) in [6, 6.07) is 10.1. The second-order valence-corrected chi connectivity index (χ2v) is 5.53. The number of rotatable bonds is 10. The van der Waals surface area contributed by atoms with Crippen molar-refractivity contribution in [1.82, 2.24) is 0 Å². The smallest absolute Gasteiger partial charge is 0.220 e. The monoisotopic (exact) mass is 275 g/mol. The van der Waals surface area contributed by atoms with E-state index < -0.39 is 0 Å². The lowest BCUT2D eigenvalue weighted by atomic mass is 9.89. The van der Waals surface area contributed by atoms with E-state index in [0.29, 0.717) is 0 Å². The van der Waals surface area contributed by atoms with Gasteiger partial charge in [0.25, 0.3) is 0 Å². The van der Waals surface area contributed by atoms with Crippen LogP contribution in [0.25, 0.3) is 0 Å². The SMILES string of the molecule is C[C](CCCCN)CCC(Cc1ccccc1)C(N)=O. The van der Waals surface area contributed by atoms with Crippen LogP contribution in [-0.4, -0.2) is 12.5 Å². The molecule has 0 heterocycles. The van der Waals surface area contributed by atoms with Gasteiger partial charge >= 0.3 is 0 Å². The van der Waals surface area contributed by atoms with Crippen LogP contribution in [0.2, 0.25) is 0 Å². The summed E-state index contributed by atoms with van der Waals surface area (Å²) in [6.45, 7) is 2.92. The number of primary amides is 1. The van der Waals surface area contributed by atoms with Crippen LogP contribution in [0.4, 0.5) is 0 Å². The Morgan fingerprint density at radius 1 is 1.15 bits per heavy atom. The van der Waals surface area contributed by atoms with Crippen molar-refractivity contribution in [1.29, 1.82) is 0 Å². The number of benzene rings is 1. The third-order valence-corrected chi connectivity index (χ3v) is 3.70. The molecule has 1 aromatic carbocycles. The van der Waals surface area contributed by atoms with Crippen molar-refractivity contribution in [3.63, 3.8) is 0 Å². The van der Waals surface area contributed by atoms with E-state index in [4.69, 9.17) is 11.5 Å². The quantitative estimate of drug-likeness (QED) is 0.645. The molecule has 0 aliphatic rings. The fourth-order valence-corrected chi connectivity index (χ4v) is 2.36. The van der Waals surface area contributed by atoms with E-state index in [1.807, 2.05) is 30.3 Å². The van der Waals surface area contributed by atoms with E-state index >= 15 is 0 Å². The molecule has 0 aromatic heterocycles. The van der Waals surface area contributed by atoms with Crippen LogP contribution in [0.3, 0.4) is 0 Å². The fraction of sp³-hybridized carbons (Fsp3) is 0.529. The summed E-state index contributed by atoms with van der Waals surface area (Å²) in [5.41, 5.74) is 12.2. The van der Waals surface area contributed by atoms with E-state index in [0.717, 1.165) is 45.1 Å². The lowest BCUT2D eigenvalue weighted by molar-refractivity contribution is -0.122. The molecule has 0 fully saturated rings.